The minimum Gasteiger partial charge on any atom is -0.494 e. The number of anilines is 2. The summed E-state index contributed by atoms with van der Waals surface area (Å²) < 4.78 is 18.3. The standard InChI is InChI=1S/C15H22FN3O2/c1-21-14-10-13(12(17)9-11(14)16)18-6-5-15(20)19-7-3-2-4-8-19/h9-10,18H,2-8,17H2,1H3. The summed E-state index contributed by atoms with van der Waals surface area (Å²) in [5.41, 5.74) is 6.64. The Morgan fingerprint density at radius 2 is 2.10 bits per heavy atom. The van der Waals surface area contributed by atoms with E-state index in [-0.39, 0.29) is 11.7 Å². The van der Waals surface area contributed by atoms with Gasteiger partial charge < -0.3 is 20.7 Å². The van der Waals surface area contributed by atoms with E-state index in [1.165, 1.54) is 25.7 Å². The lowest BCUT2D eigenvalue weighted by atomic mass is 10.1. The van der Waals surface area contributed by atoms with Crippen LogP contribution in [-0.2, 0) is 4.79 Å². The van der Waals surface area contributed by atoms with Gasteiger partial charge in [0, 0.05) is 38.2 Å². The molecule has 1 amide bonds. The first kappa shape index (κ1) is 15.4. The van der Waals surface area contributed by atoms with Gasteiger partial charge in [-0.25, -0.2) is 4.39 Å². The monoisotopic (exact) mass is 295 g/mol. The Balaban J connectivity index is 1.86. The molecule has 6 heteroatoms. The van der Waals surface area contributed by atoms with Crippen molar-refractivity contribution in [3.63, 3.8) is 0 Å². The molecule has 0 spiro atoms. The zero-order valence-electron chi connectivity index (χ0n) is 12.3. The molecule has 1 aliphatic heterocycles. The first-order valence-electron chi connectivity index (χ1n) is 7.26. The molecule has 1 heterocycles. The van der Waals surface area contributed by atoms with Gasteiger partial charge in [-0.3, -0.25) is 4.79 Å². The Hall–Kier alpha value is -1.98. The molecule has 0 radical (unpaired) electrons. The second-order valence-electron chi connectivity index (χ2n) is 5.19. The van der Waals surface area contributed by atoms with Gasteiger partial charge in [-0.1, -0.05) is 0 Å². The molecule has 0 saturated carbocycles. The summed E-state index contributed by atoms with van der Waals surface area (Å²) >= 11 is 0. The van der Waals surface area contributed by atoms with Crippen molar-refractivity contribution in [3.8, 4) is 5.75 Å². The molecule has 5 nitrogen and oxygen atoms in total. The minimum absolute atomic E-state index is 0.133. The molecule has 1 aromatic carbocycles. The first-order chi connectivity index (χ1) is 10.1. The SMILES string of the molecule is COc1cc(NCCC(=O)N2CCCCC2)c(N)cc1F. The molecule has 0 bridgehead atoms. The van der Waals surface area contributed by atoms with Gasteiger partial charge in [0.25, 0.3) is 0 Å². The number of carbonyl (C=O) groups is 1. The van der Waals surface area contributed by atoms with E-state index in [9.17, 15) is 9.18 Å². The van der Waals surface area contributed by atoms with E-state index < -0.39 is 5.82 Å². The molecule has 0 atom stereocenters. The molecule has 1 fully saturated rings. The molecule has 0 aliphatic carbocycles. The zero-order valence-corrected chi connectivity index (χ0v) is 12.3. The molecular formula is C15H22FN3O2. The Bertz CT molecular complexity index is 502. The number of hydrogen-bond donors (Lipinski definition) is 2. The Morgan fingerprint density at radius 1 is 1.38 bits per heavy atom. The molecule has 2 rings (SSSR count). The molecular weight excluding hydrogens is 273 g/mol. The number of carbonyl (C=O) groups excluding carboxylic acids is 1. The van der Waals surface area contributed by atoms with Crippen LogP contribution in [0.5, 0.6) is 5.75 Å². The number of amides is 1. The number of ether oxygens (including phenoxy) is 1. The summed E-state index contributed by atoms with van der Waals surface area (Å²) in [4.78, 5) is 13.9. The van der Waals surface area contributed by atoms with Crippen LogP contribution in [0.1, 0.15) is 25.7 Å². The molecule has 1 aromatic rings. The van der Waals surface area contributed by atoms with Crippen LogP contribution in [-0.4, -0.2) is 37.6 Å². The number of nitrogen functional groups attached to an aromatic ring is 1. The average molecular weight is 295 g/mol. The number of benzene rings is 1. The minimum atomic E-state index is -0.495. The fraction of sp³-hybridized carbons (Fsp3) is 0.533. The van der Waals surface area contributed by atoms with Crippen LogP contribution >= 0.6 is 0 Å². The lowest BCUT2D eigenvalue weighted by Gasteiger charge is -2.26. The number of nitrogens with zero attached hydrogens (tertiary/aromatic N) is 1. The number of methoxy groups -OCH3 is 1. The molecule has 21 heavy (non-hydrogen) atoms. The molecule has 116 valence electrons. The van der Waals surface area contributed by atoms with Crippen molar-refractivity contribution < 1.29 is 13.9 Å². The Kier molecular flexibility index (Phi) is 5.25. The summed E-state index contributed by atoms with van der Waals surface area (Å²) in [7, 11) is 1.40. The quantitative estimate of drug-likeness (QED) is 0.817. The van der Waals surface area contributed by atoms with Crippen LogP contribution < -0.4 is 15.8 Å². The van der Waals surface area contributed by atoms with E-state index in [0.29, 0.717) is 24.3 Å². The smallest absolute Gasteiger partial charge is 0.224 e. The molecule has 3 N–H and O–H groups in total. The third kappa shape index (κ3) is 4.00. The van der Waals surface area contributed by atoms with Gasteiger partial charge >= 0.3 is 0 Å². The van der Waals surface area contributed by atoms with Crippen LogP contribution in [0, 0.1) is 5.82 Å². The van der Waals surface area contributed by atoms with E-state index in [0.717, 1.165) is 25.9 Å². The van der Waals surface area contributed by atoms with Gasteiger partial charge in [0.1, 0.15) is 0 Å². The van der Waals surface area contributed by atoms with Crippen LogP contribution in [0.2, 0.25) is 0 Å². The summed E-state index contributed by atoms with van der Waals surface area (Å²) in [6.07, 6.45) is 3.77. The fourth-order valence-corrected chi connectivity index (χ4v) is 2.48. The van der Waals surface area contributed by atoms with Gasteiger partial charge in [0.2, 0.25) is 5.91 Å². The summed E-state index contributed by atoms with van der Waals surface area (Å²) in [6.45, 7) is 2.17. The molecule has 1 saturated heterocycles. The van der Waals surface area contributed by atoms with Crippen molar-refractivity contribution in [1.82, 2.24) is 4.90 Å². The largest absolute Gasteiger partial charge is 0.494 e. The predicted molar refractivity (Wildman–Crippen MR) is 80.9 cm³/mol. The topological polar surface area (TPSA) is 67.6 Å². The van der Waals surface area contributed by atoms with Crippen LogP contribution in [0.25, 0.3) is 0 Å². The summed E-state index contributed by atoms with van der Waals surface area (Å²) in [6, 6.07) is 2.73. The van der Waals surface area contributed by atoms with Gasteiger partial charge in [-0.05, 0) is 19.3 Å². The highest BCUT2D eigenvalue weighted by Crippen LogP contribution is 2.27. The number of likely N-dealkylation sites (tertiary alicyclic amines) is 1. The maximum absolute atomic E-state index is 13.4. The number of piperidine rings is 1. The van der Waals surface area contributed by atoms with Crippen molar-refractivity contribution in [2.75, 3.05) is 37.8 Å². The summed E-state index contributed by atoms with van der Waals surface area (Å²) in [5, 5.41) is 3.07. The third-order valence-corrected chi connectivity index (χ3v) is 3.69. The van der Waals surface area contributed by atoms with Crippen LogP contribution in [0.3, 0.4) is 0 Å². The summed E-state index contributed by atoms with van der Waals surface area (Å²) in [5.74, 6) is -0.214. The Labute approximate surface area is 124 Å². The lowest BCUT2D eigenvalue weighted by Crippen LogP contribution is -2.36. The first-order valence-corrected chi connectivity index (χ1v) is 7.26. The highest BCUT2D eigenvalue weighted by atomic mass is 19.1. The third-order valence-electron chi connectivity index (χ3n) is 3.69. The number of hydrogen-bond acceptors (Lipinski definition) is 4. The maximum atomic E-state index is 13.4. The maximum Gasteiger partial charge on any atom is 0.224 e. The van der Waals surface area contributed by atoms with Crippen molar-refractivity contribution in [2.45, 2.75) is 25.7 Å². The van der Waals surface area contributed by atoms with Crippen molar-refractivity contribution in [2.24, 2.45) is 0 Å². The van der Waals surface area contributed by atoms with E-state index in [4.69, 9.17) is 10.5 Å². The average Bonchev–Trinajstić information content (AvgIpc) is 2.50. The van der Waals surface area contributed by atoms with Gasteiger partial charge in [0.15, 0.2) is 11.6 Å². The van der Waals surface area contributed by atoms with Gasteiger partial charge in [-0.15, -0.1) is 0 Å². The predicted octanol–water partition coefficient (Wildman–Crippen LogP) is 2.23. The van der Waals surface area contributed by atoms with E-state index in [1.807, 2.05) is 4.90 Å². The van der Waals surface area contributed by atoms with E-state index >= 15 is 0 Å². The normalized spacial score (nSPS) is 14.9. The Morgan fingerprint density at radius 3 is 2.76 bits per heavy atom. The van der Waals surface area contributed by atoms with Crippen LogP contribution in [0.4, 0.5) is 15.8 Å². The van der Waals surface area contributed by atoms with Crippen LogP contribution in [0.15, 0.2) is 12.1 Å². The van der Waals surface area contributed by atoms with Crippen molar-refractivity contribution >= 4 is 17.3 Å². The number of rotatable bonds is 5. The second kappa shape index (κ2) is 7.15. The lowest BCUT2D eigenvalue weighted by molar-refractivity contribution is -0.131. The molecule has 1 aliphatic rings. The highest BCUT2D eigenvalue weighted by molar-refractivity contribution is 5.77. The second-order valence-corrected chi connectivity index (χ2v) is 5.19. The van der Waals surface area contributed by atoms with Gasteiger partial charge in [0.05, 0.1) is 18.5 Å². The van der Waals surface area contributed by atoms with Gasteiger partial charge in [-0.2, -0.15) is 0 Å². The number of nitrogens with one attached hydrogen (secondary N) is 1. The van der Waals surface area contributed by atoms with E-state index in [1.54, 1.807) is 0 Å². The number of halogens is 1. The van der Waals surface area contributed by atoms with Crippen molar-refractivity contribution in [3.05, 3.63) is 17.9 Å². The number of nitrogens with two attached hydrogens (primary N) is 1. The van der Waals surface area contributed by atoms with E-state index in [2.05, 4.69) is 5.32 Å². The zero-order chi connectivity index (χ0) is 15.2. The fourth-order valence-electron chi connectivity index (χ4n) is 2.48. The highest BCUT2D eigenvalue weighted by Gasteiger charge is 2.16. The van der Waals surface area contributed by atoms with Crippen molar-refractivity contribution in [1.29, 1.82) is 0 Å². The molecule has 0 unspecified atom stereocenters. The molecule has 0 aromatic heterocycles.